The molecule has 0 bridgehead atoms. The minimum absolute atomic E-state index is 0.0121. The molecule has 0 radical (unpaired) electrons. The smallest absolute Gasteiger partial charge is 0.408 e. The monoisotopic (exact) mass is 757 g/mol. The summed E-state index contributed by atoms with van der Waals surface area (Å²) in [6.07, 6.45) is 4.90. The summed E-state index contributed by atoms with van der Waals surface area (Å²) in [6, 6.07) is 3.17. The van der Waals surface area contributed by atoms with Gasteiger partial charge in [0.05, 0.1) is 25.3 Å². The third kappa shape index (κ3) is 8.48. The molecule has 3 unspecified atom stereocenters. The average molecular weight is 758 g/mol. The Hall–Kier alpha value is -4.18. The van der Waals surface area contributed by atoms with E-state index in [9.17, 15) is 27.6 Å². The van der Waals surface area contributed by atoms with Gasteiger partial charge in [-0.2, -0.15) is 8.42 Å². The Morgan fingerprint density at radius 2 is 1.74 bits per heavy atom. The van der Waals surface area contributed by atoms with Crippen molar-refractivity contribution in [3.8, 4) is 11.5 Å². The molecule has 15 nitrogen and oxygen atoms in total. The predicted molar refractivity (Wildman–Crippen MR) is 193 cm³/mol. The Labute approximate surface area is 310 Å². The number of aromatic nitrogens is 1. The van der Waals surface area contributed by atoms with Gasteiger partial charge in [0.25, 0.3) is 5.91 Å². The second kappa shape index (κ2) is 14.9. The number of methoxy groups -OCH3 is 1. The molecule has 53 heavy (non-hydrogen) atoms. The number of nitrogens with one attached hydrogen (secondary N) is 3. The van der Waals surface area contributed by atoms with Crippen LogP contribution >= 0.6 is 0 Å². The number of hydrogen-bond acceptors (Lipinski definition) is 11. The van der Waals surface area contributed by atoms with Gasteiger partial charge in [0.2, 0.25) is 11.8 Å². The number of alkyl carbamates (subject to hydrolysis) is 1. The van der Waals surface area contributed by atoms with Gasteiger partial charge < -0.3 is 29.7 Å². The van der Waals surface area contributed by atoms with E-state index in [1.807, 2.05) is 51.5 Å². The van der Waals surface area contributed by atoms with Crippen LogP contribution in [-0.2, 0) is 33.6 Å². The first kappa shape index (κ1) is 38.5. The summed E-state index contributed by atoms with van der Waals surface area (Å²) in [5, 5.41) is 6.33. The number of nitrogens with zero attached hydrogens (tertiary/aromatic N) is 2. The van der Waals surface area contributed by atoms with Crippen molar-refractivity contribution in [2.45, 2.75) is 128 Å². The molecule has 2 aromatic rings. The molecular formula is C37H51N5O10S. The molecule has 2 heterocycles. The highest BCUT2D eigenvalue weighted by atomic mass is 32.2. The zero-order chi connectivity index (χ0) is 38.3. The zero-order valence-corrected chi connectivity index (χ0v) is 32.0. The van der Waals surface area contributed by atoms with E-state index >= 15 is 0 Å². The number of aryl methyl sites for hydroxylation is 1. The molecule has 0 spiro atoms. The number of pyridine rings is 1. The fourth-order valence-corrected chi connectivity index (χ4v) is 8.51. The molecule has 1 aromatic carbocycles. The summed E-state index contributed by atoms with van der Waals surface area (Å²) in [7, 11) is -2.81. The third-order valence-electron chi connectivity index (χ3n) is 10.7. The van der Waals surface area contributed by atoms with Crippen LogP contribution < -0.4 is 24.8 Å². The topological polar surface area (TPSA) is 192 Å². The Kier molecular flexibility index (Phi) is 10.9. The Morgan fingerprint density at radius 3 is 2.36 bits per heavy atom. The van der Waals surface area contributed by atoms with Crippen LogP contribution in [0.2, 0.25) is 0 Å². The van der Waals surface area contributed by atoms with E-state index in [0.29, 0.717) is 36.3 Å². The maximum atomic E-state index is 14.6. The first-order chi connectivity index (χ1) is 25.0. The second-order valence-corrected chi connectivity index (χ2v) is 17.1. The Morgan fingerprint density at radius 1 is 1.02 bits per heavy atom. The van der Waals surface area contributed by atoms with E-state index in [2.05, 4.69) is 15.6 Å². The molecule has 3 N–H and O–H groups in total. The van der Waals surface area contributed by atoms with Crippen LogP contribution in [0.25, 0.3) is 10.9 Å². The van der Waals surface area contributed by atoms with E-state index in [0.717, 1.165) is 36.6 Å². The van der Waals surface area contributed by atoms with Crippen molar-refractivity contribution < 1.29 is 46.0 Å². The first-order valence-electron chi connectivity index (χ1n) is 18.5. The van der Waals surface area contributed by atoms with Gasteiger partial charge in [0.1, 0.15) is 41.3 Å². The minimum atomic E-state index is -4.39. The van der Waals surface area contributed by atoms with Crippen LogP contribution in [0.1, 0.15) is 91.0 Å². The third-order valence-corrected chi connectivity index (χ3v) is 11.7. The van der Waals surface area contributed by atoms with E-state index < -0.39 is 69.4 Å². The number of ether oxygens (including phenoxy) is 3. The molecule has 16 heteroatoms. The fourth-order valence-electron chi connectivity index (χ4n) is 7.50. The minimum Gasteiger partial charge on any atom is -0.496 e. The van der Waals surface area contributed by atoms with Crippen LogP contribution in [0.3, 0.4) is 0 Å². The SMILES string of the molecule is CCC1C[C@]1(NC(=O)C1C[C@@H](Oc2ccnc3c(C)c(OC)ccc23)CN1C(=O)C(NC(=O)OC1CCCC1)C(C)(C)C)C(=O)NS(=O)(=O)OC1CC1. The van der Waals surface area contributed by atoms with Crippen molar-refractivity contribution in [3.05, 3.63) is 30.0 Å². The van der Waals surface area contributed by atoms with Gasteiger partial charge in [-0.05, 0) is 81.4 Å². The van der Waals surface area contributed by atoms with Crippen molar-refractivity contribution in [1.29, 1.82) is 0 Å². The number of carbonyl (C=O) groups is 4. The average Bonchev–Trinajstić information content (AvgIpc) is 3.92. The number of hydrogen-bond donors (Lipinski definition) is 3. The molecule has 3 aliphatic carbocycles. The summed E-state index contributed by atoms with van der Waals surface area (Å²) in [4.78, 5) is 61.4. The van der Waals surface area contributed by atoms with E-state index in [-0.39, 0.29) is 31.4 Å². The van der Waals surface area contributed by atoms with E-state index in [1.54, 1.807) is 19.4 Å². The summed E-state index contributed by atoms with van der Waals surface area (Å²) in [5.74, 6) is -1.22. The van der Waals surface area contributed by atoms with Gasteiger partial charge in [0, 0.05) is 23.6 Å². The molecule has 1 aliphatic heterocycles. The molecule has 4 amide bonds. The lowest BCUT2D eigenvalue weighted by molar-refractivity contribution is -0.143. The zero-order valence-electron chi connectivity index (χ0n) is 31.2. The summed E-state index contributed by atoms with van der Waals surface area (Å²) in [5.41, 5.74) is -0.801. The van der Waals surface area contributed by atoms with E-state index in [1.165, 1.54) is 4.90 Å². The quantitative estimate of drug-likeness (QED) is 0.269. The van der Waals surface area contributed by atoms with Gasteiger partial charge >= 0.3 is 16.4 Å². The lowest BCUT2D eigenvalue weighted by atomic mass is 9.85. The van der Waals surface area contributed by atoms with Crippen LogP contribution in [0.5, 0.6) is 11.5 Å². The Bertz CT molecular complexity index is 1860. The summed E-state index contributed by atoms with van der Waals surface area (Å²) in [6.45, 7) is 9.15. The van der Waals surface area contributed by atoms with Crippen LogP contribution in [0.4, 0.5) is 4.79 Å². The van der Waals surface area contributed by atoms with Gasteiger partial charge in [-0.25, -0.2) is 9.52 Å². The summed E-state index contributed by atoms with van der Waals surface area (Å²) >= 11 is 0. The van der Waals surface area contributed by atoms with Gasteiger partial charge in [-0.1, -0.05) is 34.1 Å². The molecular weight excluding hydrogens is 706 g/mol. The van der Waals surface area contributed by atoms with Crippen molar-refractivity contribution in [1.82, 2.24) is 25.2 Å². The fraction of sp³-hybridized carbons (Fsp3) is 0.649. The molecule has 6 rings (SSSR count). The van der Waals surface area contributed by atoms with Crippen LogP contribution in [-0.4, -0.2) is 91.7 Å². The molecule has 1 saturated heterocycles. The highest BCUT2D eigenvalue weighted by molar-refractivity contribution is 7.85. The van der Waals surface area contributed by atoms with Crippen molar-refractivity contribution >= 4 is 45.0 Å². The van der Waals surface area contributed by atoms with Gasteiger partial charge in [0.15, 0.2) is 0 Å². The number of rotatable bonds is 13. The van der Waals surface area contributed by atoms with Crippen molar-refractivity contribution in [2.24, 2.45) is 11.3 Å². The van der Waals surface area contributed by atoms with E-state index in [4.69, 9.17) is 18.4 Å². The molecule has 1 aromatic heterocycles. The maximum Gasteiger partial charge on any atom is 0.408 e. The van der Waals surface area contributed by atoms with Gasteiger partial charge in [-0.15, -0.1) is 0 Å². The highest BCUT2D eigenvalue weighted by Crippen LogP contribution is 2.47. The standard InChI is InChI=1S/C37H51N5O10S/c1-7-22-19-37(22,34(45)41-53(47,48)52-24-12-13-24)40-32(43)27-18-25(50-29-16-17-38-30-21(2)28(49-6)15-14-26(29)30)20-42(27)33(44)31(36(3,4)5)39-35(46)51-23-10-8-9-11-23/h14-17,22-25,27,31H,7-13,18-20H2,1-6H3,(H,39,46)(H,40,43)(H,41,45)/t22?,25-,27?,31?,37-/m1/s1. The van der Waals surface area contributed by atoms with Crippen LogP contribution in [0, 0.1) is 18.3 Å². The maximum absolute atomic E-state index is 14.6. The number of amides is 4. The lowest BCUT2D eigenvalue weighted by Crippen LogP contribution is -2.60. The summed E-state index contributed by atoms with van der Waals surface area (Å²) < 4.78 is 49.8. The highest BCUT2D eigenvalue weighted by Gasteiger charge is 2.62. The molecule has 4 fully saturated rings. The van der Waals surface area contributed by atoms with Crippen molar-refractivity contribution in [2.75, 3.05) is 13.7 Å². The van der Waals surface area contributed by atoms with Crippen LogP contribution in [0.15, 0.2) is 24.4 Å². The number of benzene rings is 1. The van der Waals surface area contributed by atoms with Gasteiger partial charge in [-0.3, -0.25) is 23.6 Å². The van der Waals surface area contributed by atoms with Crippen molar-refractivity contribution in [3.63, 3.8) is 0 Å². The Balaban J connectivity index is 1.27. The number of carbonyl (C=O) groups excluding carboxylic acids is 4. The molecule has 290 valence electrons. The molecule has 3 saturated carbocycles. The first-order valence-corrected chi connectivity index (χ1v) is 19.9. The second-order valence-electron chi connectivity index (χ2n) is 15.8. The molecule has 5 atom stereocenters. The molecule has 4 aliphatic rings. The normalized spacial score (nSPS) is 25.1. The lowest BCUT2D eigenvalue weighted by Gasteiger charge is -2.35. The number of likely N-dealkylation sites (tertiary alicyclic amines) is 1. The predicted octanol–water partition coefficient (Wildman–Crippen LogP) is 3.81. The largest absolute Gasteiger partial charge is 0.496 e. The number of fused-ring (bicyclic) bond motifs is 1.